The molecule has 0 bridgehead atoms. The Hall–Kier alpha value is -1.43. The molecule has 72 valence electrons. The van der Waals surface area contributed by atoms with Gasteiger partial charge < -0.3 is 9.84 Å². The van der Waals surface area contributed by atoms with E-state index in [1.807, 2.05) is 0 Å². The number of imide groups is 1. The van der Waals surface area contributed by atoms with Crippen molar-refractivity contribution >= 4 is 17.8 Å². The second-order valence-electron chi connectivity index (χ2n) is 2.64. The van der Waals surface area contributed by atoms with Crippen molar-refractivity contribution < 1.29 is 24.2 Å². The third-order valence-electron chi connectivity index (χ3n) is 1.60. The second-order valence-corrected chi connectivity index (χ2v) is 2.64. The number of hydrogen-bond acceptors (Lipinski definition) is 4. The lowest BCUT2D eigenvalue weighted by Crippen LogP contribution is -2.45. The van der Waals surface area contributed by atoms with E-state index < -0.39 is 24.6 Å². The van der Waals surface area contributed by atoms with Crippen molar-refractivity contribution in [1.82, 2.24) is 5.32 Å². The predicted molar refractivity (Wildman–Crippen MR) is 39.8 cm³/mol. The summed E-state index contributed by atoms with van der Waals surface area (Å²) >= 11 is 0. The Balaban J connectivity index is 2.38. The minimum Gasteiger partial charge on any atom is -0.480 e. The van der Waals surface area contributed by atoms with Crippen LogP contribution in [0.15, 0.2) is 0 Å². The number of carbonyl (C=O) groups excluding carboxylic acids is 2. The van der Waals surface area contributed by atoms with Gasteiger partial charge in [0.15, 0.2) is 0 Å². The highest BCUT2D eigenvalue weighted by Crippen LogP contribution is 2.07. The Morgan fingerprint density at radius 1 is 1.62 bits per heavy atom. The van der Waals surface area contributed by atoms with E-state index in [-0.39, 0.29) is 18.7 Å². The molecule has 6 nitrogen and oxygen atoms in total. The Morgan fingerprint density at radius 3 is 2.85 bits per heavy atom. The quantitative estimate of drug-likeness (QED) is 0.546. The first-order valence-corrected chi connectivity index (χ1v) is 3.76. The third kappa shape index (κ3) is 2.83. The molecule has 6 heteroatoms. The maximum Gasteiger partial charge on any atom is 0.329 e. The fourth-order valence-electron chi connectivity index (χ4n) is 1.00. The minimum absolute atomic E-state index is 0.191. The molecular formula is C7H9NO5. The van der Waals surface area contributed by atoms with Crippen LogP contribution in [-0.2, 0) is 19.1 Å². The number of carbonyl (C=O) groups is 3. The van der Waals surface area contributed by atoms with Crippen molar-refractivity contribution in [2.75, 3.05) is 6.61 Å². The SMILES string of the molecule is O=C(O)COC1CCC(=O)NC1=O. The summed E-state index contributed by atoms with van der Waals surface area (Å²) in [5.74, 6) is -2.04. The van der Waals surface area contributed by atoms with Gasteiger partial charge in [0.05, 0.1) is 0 Å². The van der Waals surface area contributed by atoms with Crippen molar-refractivity contribution in [3.05, 3.63) is 0 Å². The van der Waals surface area contributed by atoms with E-state index in [2.05, 4.69) is 5.32 Å². The number of ether oxygens (including phenoxy) is 1. The third-order valence-corrected chi connectivity index (χ3v) is 1.60. The van der Waals surface area contributed by atoms with Crippen molar-refractivity contribution in [1.29, 1.82) is 0 Å². The number of nitrogens with one attached hydrogen (secondary N) is 1. The van der Waals surface area contributed by atoms with Gasteiger partial charge in [-0.1, -0.05) is 0 Å². The lowest BCUT2D eigenvalue weighted by Gasteiger charge is -2.19. The van der Waals surface area contributed by atoms with Gasteiger partial charge in [0.1, 0.15) is 12.7 Å². The van der Waals surface area contributed by atoms with Gasteiger partial charge in [-0.15, -0.1) is 0 Å². The maximum atomic E-state index is 11.0. The Labute approximate surface area is 73.9 Å². The number of rotatable bonds is 3. The van der Waals surface area contributed by atoms with Gasteiger partial charge in [0.2, 0.25) is 5.91 Å². The molecule has 0 spiro atoms. The van der Waals surface area contributed by atoms with E-state index >= 15 is 0 Å². The van der Waals surface area contributed by atoms with Gasteiger partial charge >= 0.3 is 5.97 Å². The second kappa shape index (κ2) is 3.99. The number of aliphatic carboxylic acids is 1. The molecule has 0 radical (unpaired) electrons. The van der Waals surface area contributed by atoms with Crippen LogP contribution in [0.3, 0.4) is 0 Å². The summed E-state index contributed by atoms with van der Waals surface area (Å²) in [7, 11) is 0. The van der Waals surface area contributed by atoms with Gasteiger partial charge in [-0.05, 0) is 6.42 Å². The molecule has 0 aromatic heterocycles. The molecule has 1 aliphatic rings. The predicted octanol–water partition coefficient (Wildman–Crippen LogP) is -1.11. The Bertz CT molecular complexity index is 249. The Morgan fingerprint density at radius 2 is 2.31 bits per heavy atom. The standard InChI is InChI=1S/C7H9NO5/c9-5-2-1-4(7(12)8-5)13-3-6(10)11/h4H,1-3H2,(H,10,11)(H,8,9,12). The van der Waals surface area contributed by atoms with Crippen molar-refractivity contribution in [2.24, 2.45) is 0 Å². The molecule has 1 fully saturated rings. The molecule has 1 heterocycles. The average Bonchev–Trinajstić information content (AvgIpc) is 2.02. The molecule has 0 aromatic carbocycles. The Kier molecular flexibility index (Phi) is 2.97. The molecule has 1 aliphatic heterocycles. The number of carboxylic acids is 1. The summed E-state index contributed by atoms with van der Waals surface area (Å²) in [5.41, 5.74) is 0. The van der Waals surface area contributed by atoms with E-state index in [0.29, 0.717) is 0 Å². The van der Waals surface area contributed by atoms with E-state index in [9.17, 15) is 14.4 Å². The molecule has 0 aliphatic carbocycles. The summed E-state index contributed by atoms with van der Waals surface area (Å²) in [5, 5.41) is 10.3. The van der Waals surface area contributed by atoms with Crippen LogP contribution in [0.1, 0.15) is 12.8 Å². The van der Waals surface area contributed by atoms with Crippen LogP contribution in [0.2, 0.25) is 0 Å². The first kappa shape index (κ1) is 9.66. The van der Waals surface area contributed by atoms with Gasteiger partial charge in [-0.25, -0.2) is 4.79 Å². The monoisotopic (exact) mass is 187 g/mol. The van der Waals surface area contributed by atoms with Crippen molar-refractivity contribution in [3.8, 4) is 0 Å². The summed E-state index contributed by atoms with van der Waals surface area (Å²) in [6.45, 7) is -0.522. The first-order valence-electron chi connectivity index (χ1n) is 3.76. The molecule has 1 rings (SSSR count). The van der Waals surface area contributed by atoms with Gasteiger partial charge in [-0.3, -0.25) is 14.9 Å². The molecule has 0 saturated carbocycles. The highest BCUT2D eigenvalue weighted by molar-refractivity contribution is 5.99. The van der Waals surface area contributed by atoms with E-state index in [1.54, 1.807) is 0 Å². The fraction of sp³-hybridized carbons (Fsp3) is 0.571. The fourth-order valence-corrected chi connectivity index (χ4v) is 1.00. The number of hydrogen-bond donors (Lipinski definition) is 2. The summed E-state index contributed by atoms with van der Waals surface area (Å²) in [6.07, 6.45) is -0.373. The number of carboxylic acid groups (broad SMARTS) is 1. The molecule has 0 aromatic rings. The maximum absolute atomic E-state index is 11.0. The zero-order chi connectivity index (χ0) is 9.84. The van der Waals surface area contributed by atoms with Gasteiger partial charge in [0, 0.05) is 6.42 Å². The van der Waals surface area contributed by atoms with Crippen LogP contribution in [0, 0.1) is 0 Å². The van der Waals surface area contributed by atoms with Crippen LogP contribution in [0.5, 0.6) is 0 Å². The normalized spacial score (nSPS) is 22.6. The van der Waals surface area contributed by atoms with Crippen LogP contribution >= 0.6 is 0 Å². The lowest BCUT2D eigenvalue weighted by molar-refractivity contribution is -0.151. The molecule has 1 saturated heterocycles. The summed E-state index contributed by atoms with van der Waals surface area (Å²) < 4.78 is 4.74. The molecule has 1 atom stereocenters. The molecule has 2 amide bonds. The smallest absolute Gasteiger partial charge is 0.329 e. The van der Waals surface area contributed by atoms with Crippen LogP contribution < -0.4 is 5.32 Å². The van der Waals surface area contributed by atoms with Crippen LogP contribution in [0.25, 0.3) is 0 Å². The highest BCUT2D eigenvalue weighted by Gasteiger charge is 2.27. The lowest BCUT2D eigenvalue weighted by atomic mass is 10.1. The molecule has 1 unspecified atom stereocenters. The first-order chi connectivity index (χ1) is 6.09. The van der Waals surface area contributed by atoms with E-state index in [1.165, 1.54) is 0 Å². The number of amides is 2. The van der Waals surface area contributed by atoms with Crippen molar-refractivity contribution in [3.63, 3.8) is 0 Å². The van der Waals surface area contributed by atoms with E-state index in [0.717, 1.165) is 0 Å². The minimum atomic E-state index is -1.13. The van der Waals surface area contributed by atoms with Crippen LogP contribution in [-0.4, -0.2) is 35.6 Å². The topological polar surface area (TPSA) is 92.7 Å². The van der Waals surface area contributed by atoms with Crippen molar-refractivity contribution in [2.45, 2.75) is 18.9 Å². The molecule has 2 N–H and O–H groups in total. The summed E-state index contributed by atoms with van der Waals surface area (Å²) in [6, 6.07) is 0. The largest absolute Gasteiger partial charge is 0.480 e. The highest BCUT2D eigenvalue weighted by atomic mass is 16.5. The van der Waals surface area contributed by atoms with E-state index in [4.69, 9.17) is 9.84 Å². The average molecular weight is 187 g/mol. The summed E-state index contributed by atoms with van der Waals surface area (Å²) in [4.78, 5) is 31.7. The van der Waals surface area contributed by atoms with Gasteiger partial charge in [0.25, 0.3) is 5.91 Å². The van der Waals surface area contributed by atoms with Gasteiger partial charge in [-0.2, -0.15) is 0 Å². The zero-order valence-corrected chi connectivity index (χ0v) is 6.78. The van der Waals surface area contributed by atoms with Crippen LogP contribution in [0.4, 0.5) is 0 Å². The molecule has 13 heavy (non-hydrogen) atoms. The molecular weight excluding hydrogens is 178 g/mol. The zero-order valence-electron chi connectivity index (χ0n) is 6.78. The number of piperidine rings is 1.